The van der Waals surface area contributed by atoms with E-state index >= 15 is 0 Å². The highest BCUT2D eigenvalue weighted by atomic mass is 15.4. The number of aromatic nitrogens is 2. The van der Waals surface area contributed by atoms with Crippen LogP contribution in [-0.2, 0) is 5.66 Å². The van der Waals surface area contributed by atoms with Gasteiger partial charge in [0.1, 0.15) is 5.66 Å². The number of aryl methyl sites for hydroxylation is 2. The lowest BCUT2D eigenvalue weighted by atomic mass is 10.1. The number of anilines is 1. The molecule has 0 amide bonds. The molecule has 0 spiro atoms. The molecule has 3 rings (SSSR count). The summed E-state index contributed by atoms with van der Waals surface area (Å²) in [5, 5.41) is 3.06. The second kappa shape index (κ2) is 3.73. The molecule has 3 N–H and O–H groups in total. The van der Waals surface area contributed by atoms with Crippen LogP contribution >= 0.6 is 0 Å². The van der Waals surface area contributed by atoms with Crippen LogP contribution < -0.4 is 11.1 Å². The van der Waals surface area contributed by atoms with Gasteiger partial charge in [-0.3, -0.25) is 9.88 Å². The van der Waals surface area contributed by atoms with Gasteiger partial charge in [0.2, 0.25) is 5.95 Å². The number of nitrogens with two attached hydrogens (primary N) is 1. The van der Waals surface area contributed by atoms with Crippen molar-refractivity contribution in [2.45, 2.75) is 39.8 Å². The van der Waals surface area contributed by atoms with Crippen LogP contribution in [0, 0.1) is 13.8 Å². The summed E-state index contributed by atoms with van der Waals surface area (Å²) >= 11 is 0. The largest absolute Gasteiger partial charge is 0.370 e. The molecular weight excluding hydrogens is 238 g/mol. The van der Waals surface area contributed by atoms with E-state index in [1.54, 1.807) is 0 Å². The van der Waals surface area contributed by atoms with Gasteiger partial charge in [-0.15, -0.1) is 0 Å². The van der Waals surface area contributed by atoms with Crippen molar-refractivity contribution >= 4 is 22.9 Å². The Morgan fingerprint density at radius 3 is 2.68 bits per heavy atom. The lowest BCUT2D eigenvalue weighted by molar-refractivity contribution is 0.331. The van der Waals surface area contributed by atoms with Crippen molar-refractivity contribution in [1.82, 2.24) is 9.55 Å². The number of nitrogens with one attached hydrogen (secondary N) is 1. The third kappa shape index (κ3) is 1.61. The number of fused-ring (bicyclic) bond motifs is 3. The maximum atomic E-state index is 5.87. The molecule has 1 aromatic carbocycles. The first kappa shape index (κ1) is 12.0. The van der Waals surface area contributed by atoms with E-state index < -0.39 is 0 Å². The Labute approximate surface area is 112 Å². The van der Waals surface area contributed by atoms with Crippen molar-refractivity contribution in [3.63, 3.8) is 0 Å². The molecule has 0 saturated carbocycles. The van der Waals surface area contributed by atoms with E-state index in [0.717, 1.165) is 23.4 Å². The molecule has 0 unspecified atom stereocenters. The number of benzene rings is 1. The number of nitrogens with zero attached hydrogens (tertiary/aromatic N) is 3. The van der Waals surface area contributed by atoms with Crippen molar-refractivity contribution in [3.05, 3.63) is 23.3 Å². The van der Waals surface area contributed by atoms with E-state index in [2.05, 4.69) is 59.7 Å². The van der Waals surface area contributed by atoms with Crippen LogP contribution in [-0.4, -0.2) is 15.5 Å². The molecule has 1 aliphatic rings. The van der Waals surface area contributed by atoms with Crippen LogP contribution in [0.2, 0.25) is 0 Å². The Bertz CT molecular complexity index is 697. The number of rotatable bonds is 1. The molecule has 0 bridgehead atoms. The second-order valence-corrected chi connectivity index (χ2v) is 5.39. The highest BCUT2D eigenvalue weighted by Crippen LogP contribution is 2.35. The number of imidazole rings is 1. The molecule has 0 fully saturated rings. The summed E-state index contributed by atoms with van der Waals surface area (Å²) in [5.41, 5.74) is 10.1. The standard InChI is InChI=1S/C14H19N5/c1-5-14(4)18-12(15)17-13-16-10-6-8(2)9(3)7-11(10)19(13)14/h6-7H,5H2,1-4H3,(H3,15,16,17,18)/t14-/m0/s1. The van der Waals surface area contributed by atoms with E-state index in [1.165, 1.54) is 11.1 Å². The first-order valence-electron chi connectivity index (χ1n) is 6.57. The average Bonchev–Trinajstić information content (AvgIpc) is 2.67. The van der Waals surface area contributed by atoms with Crippen molar-refractivity contribution in [2.75, 3.05) is 5.32 Å². The monoisotopic (exact) mass is 257 g/mol. The Hall–Kier alpha value is -2.04. The first-order chi connectivity index (χ1) is 8.94. The van der Waals surface area contributed by atoms with Gasteiger partial charge in [-0.25, -0.2) is 9.98 Å². The minimum absolute atomic E-state index is 0.374. The zero-order valence-corrected chi connectivity index (χ0v) is 11.8. The van der Waals surface area contributed by atoms with E-state index in [9.17, 15) is 0 Å². The van der Waals surface area contributed by atoms with E-state index in [0.29, 0.717) is 5.96 Å². The van der Waals surface area contributed by atoms with E-state index in [4.69, 9.17) is 5.73 Å². The maximum Gasteiger partial charge on any atom is 0.212 e. The fourth-order valence-electron chi connectivity index (χ4n) is 2.59. The third-order valence-corrected chi connectivity index (χ3v) is 4.02. The normalized spacial score (nSPS) is 22.0. The smallest absolute Gasteiger partial charge is 0.212 e. The van der Waals surface area contributed by atoms with Crippen LogP contribution in [0.1, 0.15) is 31.4 Å². The highest BCUT2D eigenvalue weighted by Gasteiger charge is 2.32. The fraction of sp³-hybridized carbons (Fsp3) is 0.429. The molecule has 5 heteroatoms. The minimum atomic E-state index is -0.374. The van der Waals surface area contributed by atoms with Crippen molar-refractivity contribution < 1.29 is 0 Å². The van der Waals surface area contributed by atoms with Gasteiger partial charge in [0, 0.05) is 0 Å². The molecule has 0 aliphatic carbocycles. The quantitative estimate of drug-likeness (QED) is 0.824. The molecular formula is C14H19N5. The second-order valence-electron chi connectivity index (χ2n) is 5.39. The van der Waals surface area contributed by atoms with Crippen molar-refractivity contribution in [2.24, 2.45) is 10.7 Å². The van der Waals surface area contributed by atoms with Gasteiger partial charge in [-0.05, 0) is 50.5 Å². The molecule has 2 heterocycles. The number of hydrogen-bond acceptors (Lipinski definition) is 4. The predicted molar refractivity (Wildman–Crippen MR) is 78.4 cm³/mol. The summed E-state index contributed by atoms with van der Waals surface area (Å²) in [7, 11) is 0. The fourth-order valence-corrected chi connectivity index (χ4v) is 2.59. The molecule has 100 valence electrons. The summed E-state index contributed by atoms with van der Waals surface area (Å²) in [6.45, 7) is 8.41. The van der Waals surface area contributed by atoms with Crippen LogP contribution in [0.5, 0.6) is 0 Å². The maximum absolute atomic E-state index is 5.87. The Balaban J connectivity index is 2.36. The summed E-state index contributed by atoms with van der Waals surface area (Å²) in [6.07, 6.45) is 0.862. The van der Waals surface area contributed by atoms with Gasteiger partial charge < -0.3 is 5.73 Å². The van der Waals surface area contributed by atoms with Crippen molar-refractivity contribution in [3.8, 4) is 0 Å². The lowest BCUT2D eigenvalue weighted by Crippen LogP contribution is -2.39. The average molecular weight is 257 g/mol. The molecule has 5 nitrogen and oxygen atoms in total. The topological polar surface area (TPSA) is 68.2 Å². The van der Waals surface area contributed by atoms with Crippen LogP contribution in [0.3, 0.4) is 0 Å². The zero-order chi connectivity index (χ0) is 13.8. The molecule has 1 aliphatic heterocycles. The number of hydrogen-bond donors (Lipinski definition) is 2. The Morgan fingerprint density at radius 1 is 1.32 bits per heavy atom. The molecule has 19 heavy (non-hydrogen) atoms. The van der Waals surface area contributed by atoms with Crippen LogP contribution in [0.4, 0.5) is 5.95 Å². The molecule has 2 aromatic rings. The van der Waals surface area contributed by atoms with Crippen molar-refractivity contribution in [1.29, 1.82) is 0 Å². The molecule has 1 aromatic heterocycles. The zero-order valence-electron chi connectivity index (χ0n) is 11.8. The molecule has 0 saturated heterocycles. The van der Waals surface area contributed by atoms with Gasteiger partial charge in [0.15, 0.2) is 5.96 Å². The van der Waals surface area contributed by atoms with Crippen LogP contribution in [0.15, 0.2) is 17.1 Å². The van der Waals surface area contributed by atoms with Gasteiger partial charge >= 0.3 is 0 Å². The lowest BCUT2D eigenvalue weighted by Gasteiger charge is -2.32. The number of aliphatic imine (C=N–C) groups is 1. The summed E-state index contributed by atoms with van der Waals surface area (Å²) in [6, 6.07) is 4.29. The number of guanidine groups is 1. The van der Waals surface area contributed by atoms with Gasteiger partial charge in [0.05, 0.1) is 11.0 Å². The van der Waals surface area contributed by atoms with Gasteiger partial charge in [0.25, 0.3) is 0 Å². The minimum Gasteiger partial charge on any atom is -0.370 e. The van der Waals surface area contributed by atoms with Gasteiger partial charge in [-0.2, -0.15) is 0 Å². The summed E-state index contributed by atoms with van der Waals surface area (Å²) in [4.78, 5) is 9.19. The Kier molecular flexibility index (Phi) is 2.36. The molecule has 0 radical (unpaired) electrons. The first-order valence-corrected chi connectivity index (χ1v) is 6.57. The van der Waals surface area contributed by atoms with E-state index in [1.807, 2.05) is 0 Å². The van der Waals surface area contributed by atoms with Crippen LogP contribution in [0.25, 0.3) is 11.0 Å². The predicted octanol–water partition coefficient (Wildman–Crippen LogP) is 2.48. The Morgan fingerprint density at radius 2 is 2.00 bits per heavy atom. The highest BCUT2D eigenvalue weighted by molar-refractivity contribution is 5.95. The SMILES string of the molecule is CC[C@@]1(C)N=C(N)Nc2nc3cc(C)c(C)cc3n21. The van der Waals surface area contributed by atoms with E-state index in [-0.39, 0.29) is 5.66 Å². The molecule has 1 atom stereocenters. The van der Waals surface area contributed by atoms with Gasteiger partial charge in [-0.1, -0.05) is 6.92 Å². The summed E-state index contributed by atoms with van der Waals surface area (Å²) < 4.78 is 2.14. The third-order valence-electron chi connectivity index (χ3n) is 4.02. The summed E-state index contributed by atoms with van der Waals surface area (Å²) in [5.74, 6) is 1.21.